The Bertz CT molecular complexity index is 341. The summed E-state index contributed by atoms with van der Waals surface area (Å²) in [5, 5.41) is 2.87. The highest BCUT2D eigenvalue weighted by molar-refractivity contribution is 5.90. The summed E-state index contributed by atoms with van der Waals surface area (Å²) in [5.74, 6) is 0.846. The van der Waals surface area contributed by atoms with Gasteiger partial charge >= 0.3 is 0 Å². The highest BCUT2D eigenvalue weighted by atomic mass is 16.2. The fourth-order valence-electron chi connectivity index (χ4n) is 3.19. The van der Waals surface area contributed by atoms with E-state index in [2.05, 4.69) is 12.2 Å². The van der Waals surface area contributed by atoms with Crippen molar-refractivity contribution in [3.63, 3.8) is 0 Å². The van der Waals surface area contributed by atoms with Gasteiger partial charge in [0.05, 0.1) is 0 Å². The first-order chi connectivity index (χ1) is 8.50. The summed E-state index contributed by atoms with van der Waals surface area (Å²) in [6.45, 7) is 6.78. The molecule has 2 rings (SSSR count). The van der Waals surface area contributed by atoms with Gasteiger partial charge in [-0.2, -0.15) is 0 Å². The van der Waals surface area contributed by atoms with Crippen molar-refractivity contribution in [2.24, 2.45) is 11.8 Å². The van der Waals surface area contributed by atoms with Gasteiger partial charge in [0.1, 0.15) is 6.04 Å². The van der Waals surface area contributed by atoms with Crippen LogP contribution in [0.5, 0.6) is 0 Å². The molecule has 0 aromatic rings. The van der Waals surface area contributed by atoms with E-state index in [1.807, 2.05) is 18.7 Å². The Morgan fingerprint density at radius 1 is 1.28 bits per heavy atom. The molecular weight excluding hydrogens is 228 g/mol. The van der Waals surface area contributed by atoms with E-state index in [4.69, 9.17) is 0 Å². The van der Waals surface area contributed by atoms with Crippen molar-refractivity contribution >= 4 is 11.8 Å². The molecule has 4 heteroatoms. The second-order valence-corrected chi connectivity index (χ2v) is 6.05. The minimum atomic E-state index is -0.340. The van der Waals surface area contributed by atoms with E-state index in [0.29, 0.717) is 24.9 Å². The van der Waals surface area contributed by atoms with Gasteiger partial charge in [0.25, 0.3) is 0 Å². The molecule has 1 aliphatic heterocycles. The average Bonchev–Trinajstić information content (AvgIpc) is 2.65. The van der Waals surface area contributed by atoms with Crippen LogP contribution in [0.1, 0.15) is 46.5 Å². The first kappa shape index (κ1) is 13.4. The summed E-state index contributed by atoms with van der Waals surface area (Å²) in [7, 11) is 0. The normalized spacial score (nSPS) is 33.8. The van der Waals surface area contributed by atoms with E-state index < -0.39 is 0 Å². The maximum Gasteiger partial charge on any atom is 0.245 e. The molecule has 3 atom stereocenters. The topological polar surface area (TPSA) is 49.4 Å². The molecule has 0 bridgehead atoms. The van der Waals surface area contributed by atoms with Gasteiger partial charge in [-0.25, -0.2) is 0 Å². The summed E-state index contributed by atoms with van der Waals surface area (Å²) in [6, 6.07) is -0.000694. The Hall–Kier alpha value is -1.06. The van der Waals surface area contributed by atoms with Crippen LogP contribution in [0.4, 0.5) is 0 Å². The molecule has 0 spiro atoms. The maximum absolute atomic E-state index is 12.6. The number of carbonyl (C=O) groups is 2. The Balaban J connectivity index is 2.18. The fourth-order valence-corrected chi connectivity index (χ4v) is 3.19. The Morgan fingerprint density at radius 2 is 2.00 bits per heavy atom. The number of carbonyl (C=O) groups excluding carboxylic acids is 2. The number of hydrogen-bond acceptors (Lipinski definition) is 2. The van der Waals surface area contributed by atoms with E-state index in [1.165, 1.54) is 12.8 Å². The predicted octanol–water partition coefficient (Wildman–Crippen LogP) is 1.55. The lowest BCUT2D eigenvalue weighted by Gasteiger charge is -2.33. The summed E-state index contributed by atoms with van der Waals surface area (Å²) in [6.07, 6.45) is 3.93. The van der Waals surface area contributed by atoms with E-state index in [0.717, 1.165) is 6.42 Å². The Morgan fingerprint density at radius 3 is 2.56 bits per heavy atom. The third-order valence-corrected chi connectivity index (χ3v) is 4.33. The zero-order valence-electron chi connectivity index (χ0n) is 11.6. The molecule has 1 aliphatic carbocycles. The third-order valence-electron chi connectivity index (χ3n) is 4.33. The molecule has 0 aromatic carbocycles. The molecule has 102 valence electrons. The number of rotatable bonds is 2. The van der Waals surface area contributed by atoms with Crippen LogP contribution >= 0.6 is 0 Å². The van der Waals surface area contributed by atoms with Crippen LogP contribution in [-0.4, -0.2) is 35.3 Å². The van der Waals surface area contributed by atoms with Gasteiger partial charge < -0.3 is 10.2 Å². The van der Waals surface area contributed by atoms with Gasteiger partial charge in [-0.3, -0.25) is 9.59 Å². The van der Waals surface area contributed by atoms with Gasteiger partial charge in [-0.15, -0.1) is 0 Å². The van der Waals surface area contributed by atoms with Gasteiger partial charge in [0.15, 0.2) is 0 Å². The quantitative estimate of drug-likeness (QED) is 0.810. The number of amides is 2. The average molecular weight is 252 g/mol. The Kier molecular flexibility index (Phi) is 3.93. The van der Waals surface area contributed by atoms with Crippen LogP contribution in [0.25, 0.3) is 0 Å². The standard InChI is InChI=1S/C14H24N2O2/c1-9(2)13-14(18)16(8-7-12(17)15-13)11-6-4-5-10(11)3/h9-11,13H,4-8H2,1-3H3,(H,15,17). The highest BCUT2D eigenvalue weighted by Crippen LogP contribution is 2.31. The lowest BCUT2D eigenvalue weighted by atomic mass is 10.00. The summed E-state index contributed by atoms with van der Waals surface area (Å²) in [4.78, 5) is 26.2. The zero-order chi connectivity index (χ0) is 13.3. The molecule has 1 saturated carbocycles. The van der Waals surface area contributed by atoms with Crippen molar-refractivity contribution in [2.75, 3.05) is 6.54 Å². The molecule has 3 unspecified atom stereocenters. The number of nitrogens with one attached hydrogen (secondary N) is 1. The molecule has 2 amide bonds. The lowest BCUT2D eigenvalue weighted by Crippen LogP contribution is -2.51. The van der Waals surface area contributed by atoms with Gasteiger partial charge in [-0.1, -0.05) is 27.2 Å². The van der Waals surface area contributed by atoms with Crippen molar-refractivity contribution in [1.29, 1.82) is 0 Å². The minimum absolute atomic E-state index is 0.00944. The second kappa shape index (κ2) is 5.29. The smallest absolute Gasteiger partial charge is 0.245 e. The zero-order valence-corrected chi connectivity index (χ0v) is 11.6. The molecule has 1 N–H and O–H groups in total. The molecule has 0 radical (unpaired) electrons. The van der Waals surface area contributed by atoms with Crippen LogP contribution in [-0.2, 0) is 9.59 Å². The molecule has 2 aliphatic rings. The molecule has 1 heterocycles. The van der Waals surface area contributed by atoms with E-state index in [9.17, 15) is 9.59 Å². The van der Waals surface area contributed by atoms with Crippen LogP contribution in [0.3, 0.4) is 0 Å². The highest BCUT2D eigenvalue weighted by Gasteiger charge is 2.38. The van der Waals surface area contributed by atoms with E-state index in [1.54, 1.807) is 0 Å². The van der Waals surface area contributed by atoms with E-state index >= 15 is 0 Å². The summed E-state index contributed by atoms with van der Waals surface area (Å²) < 4.78 is 0. The number of nitrogens with zero attached hydrogens (tertiary/aromatic N) is 1. The molecular formula is C14H24N2O2. The van der Waals surface area contributed by atoms with Gasteiger partial charge in [0, 0.05) is 19.0 Å². The van der Waals surface area contributed by atoms with Gasteiger partial charge in [0.2, 0.25) is 11.8 Å². The molecule has 2 fully saturated rings. The summed E-state index contributed by atoms with van der Waals surface area (Å²) >= 11 is 0. The fraction of sp³-hybridized carbons (Fsp3) is 0.857. The van der Waals surface area contributed by atoms with Crippen LogP contribution < -0.4 is 5.32 Å². The summed E-state index contributed by atoms with van der Waals surface area (Å²) in [5.41, 5.74) is 0. The molecule has 4 nitrogen and oxygen atoms in total. The van der Waals surface area contributed by atoms with Crippen molar-refractivity contribution in [2.45, 2.75) is 58.5 Å². The van der Waals surface area contributed by atoms with Crippen LogP contribution in [0, 0.1) is 11.8 Å². The largest absolute Gasteiger partial charge is 0.344 e. The predicted molar refractivity (Wildman–Crippen MR) is 69.9 cm³/mol. The van der Waals surface area contributed by atoms with Crippen molar-refractivity contribution in [1.82, 2.24) is 10.2 Å². The molecule has 18 heavy (non-hydrogen) atoms. The molecule has 0 aromatic heterocycles. The second-order valence-electron chi connectivity index (χ2n) is 6.05. The van der Waals surface area contributed by atoms with Gasteiger partial charge in [-0.05, 0) is 24.7 Å². The first-order valence-electron chi connectivity index (χ1n) is 7.10. The monoisotopic (exact) mass is 252 g/mol. The minimum Gasteiger partial charge on any atom is -0.344 e. The van der Waals surface area contributed by atoms with Crippen LogP contribution in [0.2, 0.25) is 0 Å². The van der Waals surface area contributed by atoms with Crippen molar-refractivity contribution in [3.05, 3.63) is 0 Å². The maximum atomic E-state index is 12.6. The SMILES string of the molecule is CC(C)C1NC(=O)CCN(C2CCCC2C)C1=O. The van der Waals surface area contributed by atoms with Crippen LogP contribution in [0.15, 0.2) is 0 Å². The first-order valence-corrected chi connectivity index (χ1v) is 7.10. The number of hydrogen-bond donors (Lipinski definition) is 1. The van der Waals surface area contributed by atoms with Crippen molar-refractivity contribution < 1.29 is 9.59 Å². The Labute approximate surface area is 109 Å². The third kappa shape index (κ3) is 2.52. The van der Waals surface area contributed by atoms with E-state index in [-0.39, 0.29) is 23.8 Å². The van der Waals surface area contributed by atoms with Crippen molar-refractivity contribution in [3.8, 4) is 0 Å². The molecule has 1 saturated heterocycles. The lowest BCUT2D eigenvalue weighted by molar-refractivity contribution is -0.137.